The minimum absolute atomic E-state index is 0.229. The first-order chi connectivity index (χ1) is 13.1. The third kappa shape index (κ3) is 4.67. The van der Waals surface area contributed by atoms with Gasteiger partial charge in [-0.05, 0) is 81.0 Å². The van der Waals surface area contributed by atoms with E-state index in [-0.39, 0.29) is 11.9 Å². The number of carbonyl (C=O) groups excluding carboxylic acids is 2. The molecule has 0 radical (unpaired) electrons. The van der Waals surface area contributed by atoms with Crippen molar-refractivity contribution >= 4 is 17.6 Å². The molecule has 27 heavy (non-hydrogen) atoms. The highest BCUT2D eigenvalue weighted by molar-refractivity contribution is 5.95. The van der Waals surface area contributed by atoms with Gasteiger partial charge >= 0.3 is 5.97 Å². The molecule has 2 aromatic rings. The largest absolute Gasteiger partial charge is 0.481 e. The highest BCUT2D eigenvalue weighted by Crippen LogP contribution is 2.30. The van der Waals surface area contributed by atoms with Crippen LogP contribution in [0.15, 0.2) is 42.5 Å². The Bertz CT molecular complexity index is 814. The number of benzene rings is 2. The lowest BCUT2D eigenvalue weighted by atomic mass is 9.91. The Morgan fingerprint density at radius 3 is 2.56 bits per heavy atom. The van der Waals surface area contributed by atoms with Crippen LogP contribution in [-0.4, -0.2) is 24.6 Å². The molecule has 0 spiro atoms. The van der Waals surface area contributed by atoms with Crippen LogP contribution in [0.5, 0.6) is 5.75 Å². The van der Waals surface area contributed by atoms with Crippen molar-refractivity contribution in [3.8, 4) is 5.75 Å². The van der Waals surface area contributed by atoms with Gasteiger partial charge in [-0.3, -0.25) is 4.79 Å². The summed E-state index contributed by atoms with van der Waals surface area (Å²) in [6, 6.07) is 12.7. The molecule has 5 nitrogen and oxygen atoms in total. The Morgan fingerprint density at radius 2 is 1.81 bits per heavy atom. The number of carbonyl (C=O) groups is 2. The summed E-state index contributed by atoms with van der Waals surface area (Å²) in [4.78, 5) is 24.2. The maximum atomic E-state index is 12.5. The first-order valence-corrected chi connectivity index (χ1v) is 9.44. The molecule has 1 atom stereocenters. The Morgan fingerprint density at radius 1 is 1.07 bits per heavy atom. The fourth-order valence-corrected chi connectivity index (χ4v) is 3.25. The SMILES string of the molecule is CCOC(=O)c1ccc(NC(=O)[C@@H](C)Oc2cccc3c2CCCC3)cc1. The van der Waals surface area contributed by atoms with E-state index in [2.05, 4.69) is 11.4 Å². The van der Waals surface area contributed by atoms with Crippen LogP contribution in [0.1, 0.15) is 48.2 Å². The van der Waals surface area contributed by atoms with E-state index >= 15 is 0 Å². The Balaban J connectivity index is 1.62. The van der Waals surface area contributed by atoms with E-state index in [1.165, 1.54) is 17.5 Å². The average molecular weight is 367 g/mol. The molecular formula is C22H25NO4. The summed E-state index contributed by atoms with van der Waals surface area (Å²) >= 11 is 0. The number of fused-ring (bicyclic) bond motifs is 1. The maximum absolute atomic E-state index is 12.5. The van der Waals surface area contributed by atoms with Gasteiger partial charge in [-0.2, -0.15) is 0 Å². The van der Waals surface area contributed by atoms with Crippen molar-refractivity contribution in [3.05, 3.63) is 59.2 Å². The quantitative estimate of drug-likeness (QED) is 0.779. The lowest BCUT2D eigenvalue weighted by Gasteiger charge is -2.22. The Labute approximate surface area is 159 Å². The van der Waals surface area contributed by atoms with Crippen molar-refractivity contribution in [1.29, 1.82) is 0 Å². The fraction of sp³-hybridized carbons (Fsp3) is 0.364. The van der Waals surface area contributed by atoms with Crippen molar-refractivity contribution in [2.45, 2.75) is 45.6 Å². The molecular weight excluding hydrogens is 342 g/mol. The van der Waals surface area contributed by atoms with Crippen molar-refractivity contribution < 1.29 is 19.1 Å². The molecule has 142 valence electrons. The second-order valence-corrected chi connectivity index (χ2v) is 6.65. The standard InChI is InChI=1S/C22H25NO4/c1-3-26-22(25)17-11-13-18(14-12-17)23-21(24)15(2)27-20-10-6-8-16-7-4-5-9-19(16)20/h6,8,10-15H,3-5,7,9H2,1-2H3,(H,23,24)/t15-/m1/s1. The minimum atomic E-state index is -0.622. The van der Waals surface area contributed by atoms with Gasteiger partial charge in [-0.1, -0.05) is 12.1 Å². The minimum Gasteiger partial charge on any atom is -0.481 e. The zero-order valence-corrected chi connectivity index (χ0v) is 15.8. The molecule has 3 rings (SSSR count). The van der Waals surface area contributed by atoms with E-state index in [1.54, 1.807) is 38.1 Å². The summed E-state index contributed by atoms with van der Waals surface area (Å²) in [5.74, 6) is 0.195. The van der Waals surface area contributed by atoms with Crippen molar-refractivity contribution in [2.24, 2.45) is 0 Å². The van der Waals surface area contributed by atoms with Gasteiger partial charge in [0.2, 0.25) is 0 Å². The molecule has 0 unspecified atom stereocenters. The third-order valence-corrected chi connectivity index (χ3v) is 4.69. The fourth-order valence-electron chi connectivity index (χ4n) is 3.25. The molecule has 0 bridgehead atoms. The first-order valence-electron chi connectivity index (χ1n) is 9.44. The van der Waals surface area contributed by atoms with Crippen LogP contribution in [0.25, 0.3) is 0 Å². The normalized spacial score (nSPS) is 14.0. The van der Waals surface area contributed by atoms with Gasteiger partial charge in [0.05, 0.1) is 12.2 Å². The van der Waals surface area contributed by atoms with Gasteiger partial charge in [0, 0.05) is 5.69 Å². The second kappa shape index (κ2) is 8.71. The Kier molecular flexibility index (Phi) is 6.12. The lowest BCUT2D eigenvalue weighted by molar-refractivity contribution is -0.122. The molecule has 1 amide bonds. The van der Waals surface area contributed by atoms with Crippen LogP contribution in [0.4, 0.5) is 5.69 Å². The van der Waals surface area contributed by atoms with E-state index in [4.69, 9.17) is 9.47 Å². The summed E-state index contributed by atoms with van der Waals surface area (Å²) in [6.45, 7) is 3.83. The number of hydrogen-bond acceptors (Lipinski definition) is 4. The van der Waals surface area contributed by atoms with E-state index in [0.717, 1.165) is 25.0 Å². The van der Waals surface area contributed by atoms with Crippen LogP contribution < -0.4 is 10.1 Å². The Hall–Kier alpha value is -2.82. The van der Waals surface area contributed by atoms with Gasteiger partial charge in [0.1, 0.15) is 5.75 Å². The van der Waals surface area contributed by atoms with Crippen LogP contribution in [0.3, 0.4) is 0 Å². The monoisotopic (exact) mass is 367 g/mol. The number of aryl methyl sites for hydroxylation is 1. The third-order valence-electron chi connectivity index (χ3n) is 4.69. The topological polar surface area (TPSA) is 64.6 Å². The maximum Gasteiger partial charge on any atom is 0.338 e. The molecule has 0 saturated carbocycles. The highest BCUT2D eigenvalue weighted by atomic mass is 16.5. The number of rotatable bonds is 6. The molecule has 1 aliphatic rings. The number of anilines is 1. The van der Waals surface area contributed by atoms with Crippen LogP contribution in [0, 0.1) is 0 Å². The van der Waals surface area contributed by atoms with Gasteiger partial charge in [0.15, 0.2) is 6.10 Å². The molecule has 0 aromatic heterocycles. The van der Waals surface area contributed by atoms with Gasteiger partial charge in [-0.25, -0.2) is 4.79 Å². The van der Waals surface area contributed by atoms with E-state index in [0.29, 0.717) is 17.9 Å². The molecule has 0 aliphatic heterocycles. The summed E-state index contributed by atoms with van der Waals surface area (Å²) in [5.41, 5.74) is 3.61. The van der Waals surface area contributed by atoms with Gasteiger partial charge in [-0.15, -0.1) is 0 Å². The summed E-state index contributed by atoms with van der Waals surface area (Å²) in [7, 11) is 0. The second-order valence-electron chi connectivity index (χ2n) is 6.65. The summed E-state index contributed by atoms with van der Waals surface area (Å²) in [5, 5.41) is 2.82. The predicted octanol–water partition coefficient (Wildman–Crippen LogP) is 4.15. The van der Waals surface area contributed by atoms with Crippen LogP contribution in [0.2, 0.25) is 0 Å². The molecule has 1 N–H and O–H groups in total. The average Bonchev–Trinajstić information content (AvgIpc) is 2.69. The number of ether oxygens (including phenoxy) is 2. The smallest absolute Gasteiger partial charge is 0.338 e. The number of esters is 1. The lowest BCUT2D eigenvalue weighted by Crippen LogP contribution is -2.30. The predicted molar refractivity (Wildman–Crippen MR) is 104 cm³/mol. The van der Waals surface area contributed by atoms with Crippen molar-refractivity contribution in [3.63, 3.8) is 0 Å². The van der Waals surface area contributed by atoms with Gasteiger partial charge < -0.3 is 14.8 Å². The van der Waals surface area contributed by atoms with Crippen LogP contribution >= 0.6 is 0 Å². The molecule has 5 heteroatoms. The van der Waals surface area contributed by atoms with Gasteiger partial charge in [0.25, 0.3) is 5.91 Å². The summed E-state index contributed by atoms with van der Waals surface area (Å²) < 4.78 is 10.9. The molecule has 2 aromatic carbocycles. The zero-order valence-electron chi connectivity index (χ0n) is 15.8. The molecule has 0 saturated heterocycles. The molecule has 0 fully saturated rings. The van der Waals surface area contributed by atoms with Crippen molar-refractivity contribution in [1.82, 2.24) is 0 Å². The number of nitrogens with one attached hydrogen (secondary N) is 1. The molecule has 1 aliphatic carbocycles. The number of hydrogen-bond donors (Lipinski definition) is 1. The van der Waals surface area contributed by atoms with E-state index < -0.39 is 6.10 Å². The van der Waals surface area contributed by atoms with Crippen LogP contribution in [-0.2, 0) is 22.4 Å². The molecule has 0 heterocycles. The first kappa shape index (κ1) is 19.0. The highest BCUT2D eigenvalue weighted by Gasteiger charge is 2.19. The zero-order chi connectivity index (χ0) is 19.2. The number of amides is 1. The van der Waals surface area contributed by atoms with E-state index in [1.807, 2.05) is 12.1 Å². The van der Waals surface area contributed by atoms with Crippen molar-refractivity contribution in [2.75, 3.05) is 11.9 Å². The van der Waals surface area contributed by atoms with E-state index in [9.17, 15) is 9.59 Å². The summed E-state index contributed by atoms with van der Waals surface area (Å²) in [6.07, 6.45) is 3.80.